The summed E-state index contributed by atoms with van der Waals surface area (Å²) >= 11 is 1.33. The molecule has 4 heteroatoms. The summed E-state index contributed by atoms with van der Waals surface area (Å²) in [5.41, 5.74) is 7.38. The van der Waals surface area contributed by atoms with Crippen LogP contribution in [-0.4, -0.2) is 18.0 Å². The third-order valence-corrected chi connectivity index (χ3v) is 2.99. The molecule has 0 aliphatic heterocycles. The number of hydrogen-bond donors (Lipinski definition) is 1. The van der Waals surface area contributed by atoms with Gasteiger partial charge in [0.15, 0.2) is 5.12 Å². The molecule has 1 aromatic carbocycles. The summed E-state index contributed by atoms with van der Waals surface area (Å²) in [6.45, 7) is 1.58. The molecule has 0 unspecified atom stereocenters. The number of benzene rings is 1. The van der Waals surface area contributed by atoms with Crippen molar-refractivity contribution in [1.82, 2.24) is 0 Å². The van der Waals surface area contributed by atoms with E-state index in [1.165, 1.54) is 11.8 Å². The van der Waals surface area contributed by atoms with Gasteiger partial charge in [-0.15, -0.1) is 0 Å². The van der Waals surface area contributed by atoms with Crippen molar-refractivity contribution >= 4 is 28.6 Å². The highest BCUT2D eigenvalue weighted by Crippen LogP contribution is 2.22. The van der Waals surface area contributed by atoms with Crippen LogP contribution in [0.4, 0.5) is 5.69 Å². The molecule has 92 valence electrons. The lowest BCUT2D eigenvalue weighted by Crippen LogP contribution is -1.90. The Kier molecular flexibility index (Phi) is 5.63. The summed E-state index contributed by atoms with van der Waals surface area (Å²) in [7, 11) is 1.63. The number of nitrogen functional groups attached to an aromatic ring is 1. The summed E-state index contributed by atoms with van der Waals surface area (Å²) < 4.78 is 5.23. The highest BCUT2D eigenvalue weighted by molar-refractivity contribution is 8.13. The van der Waals surface area contributed by atoms with E-state index in [1.807, 2.05) is 30.4 Å². The van der Waals surface area contributed by atoms with Crippen molar-refractivity contribution in [2.45, 2.75) is 13.3 Å². The van der Waals surface area contributed by atoms with Crippen molar-refractivity contribution in [2.75, 3.05) is 18.6 Å². The second kappa shape index (κ2) is 7.01. The SMILES string of the molecule is COc1ccc(N)cc1C=CCCSC(C)=O. The first-order valence-electron chi connectivity index (χ1n) is 5.37. The maximum Gasteiger partial charge on any atom is 0.185 e. The van der Waals surface area contributed by atoms with Crippen molar-refractivity contribution in [3.63, 3.8) is 0 Å². The molecule has 2 N–H and O–H groups in total. The molecule has 0 aromatic heterocycles. The molecular formula is C13H17NO2S. The fourth-order valence-corrected chi connectivity index (χ4v) is 1.91. The van der Waals surface area contributed by atoms with Gasteiger partial charge in [-0.05, 0) is 24.6 Å². The second-order valence-corrected chi connectivity index (χ2v) is 4.80. The summed E-state index contributed by atoms with van der Waals surface area (Å²) in [5, 5.41) is 0.153. The van der Waals surface area contributed by atoms with E-state index in [4.69, 9.17) is 10.5 Å². The molecule has 0 heterocycles. The molecule has 0 aliphatic rings. The van der Waals surface area contributed by atoms with E-state index in [9.17, 15) is 4.79 Å². The van der Waals surface area contributed by atoms with Crippen LogP contribution in [0.3, 0.4) is 0 Å². The number of ether oxygens (including phenoxy) is 1. The van der Waals surface area contributed by atoms with Crippen LogP contribution in [0.5, 0.6) is 5.75 Å². The summed E-state index contributed by atoms with van der Waals surface area (Å²) in [4.78, 5) is 10.7. The van der Waals surface area contributed by atoms with E-state index in [0.29, 0.717) is 5.69 Å². The van der Waals surface area contributed by atoms with Crippen LogP contribution >= 0.6 is 11.8 Å². The molecule has 17 heavy (non-hydrogen) atoms. The van der Waals surface area contributed by atoms with E-state index in [0.717, 1.165) is 23.5 Å². The van der Waals surface area contributed by atoms with Crippen molar-refractivity contribution in [3.05, 3.63) is 29.8 Å². The Morgan fingerprint density at radius 3 is 2.94 bits per heavy atom. The average Bonchev–Trinajstić information content (AvgIpc) is 2.28. The van der Waals surface area contributed by atoms with Gasteiger partial charge in [0.2, 0.25) is 0 Å². The molecule has 0 spiro atoms. The smallest absolute Gasteiger partial charge is 0.185 e. The van der Waals surface area contributed by atoms with E-state index in [2.05, 4.69) is 0 Å². The van der Waals surface area contributed by atoms with Gasteiger partial charge < -0.3 is 10.5 Å². The molecule has 0 aliphatic carbocycles. The summed E-state index contributed by atoms with van der Waals surface area (Å²) in [6, 6.07) is 5.52. The van der Waals surface area contributed by atoms with Gasteiger partial charge >= 0.3 is 0 Å². The van der Waals surface area contributed by atoms with Crippen LogP contribution in [-0.2, 0) is 4.79 Å². The zero-order chi connectivity index (χ0) is 12.7. The van der Waals surface area contributed by atoms with E-state index in [1.54, 1.807) is 14.0 Å². The van der Waals surface area contributed by atoms with E-state index < -0.39 is 0 Å². The predicted molar refractivity (Wildman–Crippen MR) is 74.2 cm³/mol. The molecule has 3 nitrogen and oxygen atoms in total. The largest absolute Gasteiger partial charge is 0.496 e. The topological polar surface area (TPSA) is 52.3 Å². The van der Waals surface area contributed by atoms with Gasteiger partial charge in [0.1, 0.15) is 5.75 Å². The molecule has 0 amide bonds. The lowest BCUT2D eigenvalue weighted by atomic mass is 10.1. The monoisotopic (exact) mass is 251 g/mol. The standard InChI is InChI=1S/C13H17NO2S/c1-10(15)17-8-4-3-5-11-9-12(14)6-7-13(11)16-2/h3,5-7,9H,4,8,14H2,1-2H3. The van der Waals surface area contributed by atoms with Crippen LogP contribution in [0.25, 0.3) is 6.08 Å². The first kappa shape index (κ1) is 13.6. The lowest BCUT2D eigenvalue weighted by molar-refractivity contribution is -0.109. The highest BCUT2D eigenvalue weighted by Gasteiger charge is 1.99. The third-order valence-electron chi connectivity index (χ3n) is 2.14. The van der Waals surface area contributed by atoms with Crippen LogP contribution < -0.4 is 10.5 Å². The van der Waals surface area contributed by atoms with Gasteiger partial charge in [-0.2, -0.15) is 0 Å². The minimum atomic E-state index is 0.153. The zero-order valence-corrected chi connectivity index (χ0v) is 10.9. The fraction of sp³-hybridized carbons (Fsp3) is 0.308. The van der Waals surface area contributed by atoms with E-state index >= 15 is 0 Å². The Labute approximate surface area is 106 Å². The molecule has 0 radical (unpaired) electrons. The number of carbonyl (C=O) groups is 1. The maximum atomic E-state index is 10.7. The van der Waals surface area contributed by atoms with E-state index in [-0.39, 0.29) is 5.12 Å². The van der Waals surface area contributed by atoms with Gasteiger partial charge in [-0.3, -0.25) is 4.79 Å². The molecule has 1 rings (SSSR count). The van der Waals surface area contributed by atoms with Crippen LogP contribution in [0.15, 0.2) is 24.3 Å². The number of anilines is 1. The Morgan fingerprint density at radius 2 is 2.29 bits per heavy atom. The van der Waals surface area contributed by atoms with Crippen LogP contribution in [0.1, 0.15) is 18.9 Å². The van der Waals surface area contributed by atoms with Gasteiger partial charge in [-0.1, -0.05) is 23.9 Å². The number of nitrogens with two attached hydrogens (primary N) is 1. The summed E-state index contributed by atoms with van der Waals surface area (Å²) in [6.07, 6.45) is 4.84. The molecule has 1 aromatic rings. The Morgan fingerprint density at radius 1 is 1.53 bits per heavy atom. The van der Waals surface area contributed by atoms with Gasteiger partial charge in [-0.25, -0.2) is 0 Å². The molecule has 0 fully saturated rings. The van der Waals surface area contributed by atoms with Crippen LogP contribution in [0, 0.1) is 0 Å². The molecular weight excluding hydrogens is 234 g/mol. The maximum absolute atomic E-state index is 10.7. The van der Waals surface area contributed by atoms with Crippen molar-refractivity contribution < 1.29 is 9.53 Å². The number of methoxy groups -OCH3 is 1. The lowest BCUT2D eigenvalue weighted by Gasteiger charge is -2.05. The first-order valence-corrected chi connectivity index (χ1v) is 6.35. The average molecular weight is 251 g/mol. The molecule has 0 bridgehead atoms. The molecule has 0 saturated carbocycles. The second-order valence-electron chi connectivity index (χ2n) is 3.53. The van der Waals surface area contributed by atoms with Crippen molar-refractivity contribution in [2.24, 2.45) is 0 Å². The van der Waals surface area contributed by atoms with Gasteiger partial charge in [0.05, 0.1) is 7.11 Å². The van der Waals surface area contributed by atoms with Crippen LogP contribution in [0.2, 0.25) is 0 Å². The Hall–Kier alpha value is -1.42. The van der Waals surface area contributed by atoms with Gasteiger partial charge in [0, 0.05) is 23.9 Å². The van der Waals surface area contributed by atoms with Gasteiger partial charge in [0.25, 0.3) is 0 Å². The minimum absolute atomic E-state index is 0.153. The normalized spacial score (nSPS) is 10.7. The number of hydrogen-bond acceptors (Lipinski definition) is 4. The number of allylic oxidation sites excluding steroid dienone is 1. The predicted octanol–water partition coefficient (Wildman–Crippen LogP) is 2.96. The minimum Gasteiger partial charge on any atom is -0.496 e. The summed E-state index contributed by atoms with van der Waals surface area (Å²) in [5.74, 6) is 1.60. The molecule has 0 saturated heterocycles. The number of thioether (sulfide) groups is 1. The number of rotatable bonds is 5. The first-order chi connectivity index (χ1) is 8.13. The highest BCUT2D eigenvalue weighted by atomic mass is 32.2. The quantitative estimate of drug-likeness (QED) is 0.645. The Bertz CT molecular complexity index is 416. The zero-order valence-electron chi connectivity index (χ0n) is 10.1. The van der Waals surface area contributed by atoms with Crippen molar-refractivity contribution in [1.29, 1.82) is 0 Å². The van der Waals surface area contributed by atoms with Crippen molar-refractivity contribution in [3.8, 4) is 5.75 Å². The fourth-order valence-electron chi connectivity index (χ4n) is 1.36. The Balaban J connectivity index is 2.57. The number of carbonyl (C=O) groups excluding carboxylic acids is 1. The molecule has 0 atom stereocenters. The third kappa shape index (κ3) is 4.95.